The van der Waals surface area contributed by atoms with Crippen molar-refractivity contribution in [1.82, 2.24) is 31.0 Å². The van der Waals surface area contributed by atoms with Gasteiger partial charge in [-0.25, -0.2) is 0 Å². The summed E-state index contributed by atoms with van der Waals surface area (Å²) in [6, 6.07) is 5.12. The van der Waals surface area contributed by atoms with Gasteiger partial charge in [0.25, 0.3) is 5.91 Å². The maximum atomic E-state index is 11.8. The van der Waals surface area contributed by atoms with Crippen molar-refractivity contribution in [3.63, 3.8) is 0 Å². The molecule has 0 aromatic carbocycles. The fourth-order valence-corrected chi connectivity index (χ4v) is 2.29. The Bertz CT molecular complexity index is 876. The number of aromatic amines is 1. The number of hydrogen-bond acceptors (Lipinski definition) is 6. The molecule has 0 spiro atoms. The Morgan fingerprint density at radius 2 is 2.04 bits per heavy atom. The number of carbonyl (C=O) groups excluding carboxylic acids is 2. The summed E-state index contributed by atoms with van der Waals surface area (Å²) in [7, 11) is 0. The van der Waals surface area contributed by atoms with E-state index in [0.717, 1.165) is 10.0 Å². The van der Waals surface area contributed by atoms with E-state index in [1.165, 1.54) is 0 Å². The molecule has 0 saturated carbocycles. The van der Waals surface area contributed by atoms with Gasteiger partial charge in [0.05, 0.1) is 0 Å². The van der Waals surface area contributed by atoms with E-state index in [1.807, 2.05) is 0 Å². The standard InChI is InChI=1S/C15H13BrN6O3/c16-10-7-11(18-8-10)15(24)21-20-12(23)1-2-13-19-14(22-25-13)9-3-5-17-6-4-9/h3-8,18H,1-2H2,(H,20,23)(H,21,24). The molecule has 0 aliphatic heterocycles. The molecule has 3 heterocycles. The van der Waals surface area contributed by atoms with Crippen molar-refractivity contribution in [2.45, 2.75) is 12.8 Å². The van der Waals surface area contributed by atoms with Gasteiger partial charge in [-0.3, -0.25) is 25.4 Å². The largest absolute Gasteiger partial charge is 0.356 e. The fourth-order valence-electron chi connectivity index (χ4n) is 1.95. The van der Waals surface area contributed by atoms with Crippen LogP contribution in [-0.4, -0.2) is 31.9 Å². The first kappa shape index (κ1) is 16.8. The topological polar surface area (TPSA) is 126 Å². The molecule has 0 radical (unpaired) electrons. The third kappa shape index (κ3) is 4.51. The maximum Gasteiger partial charge on any atom is 0.286 e. The van der Waals surface area contributed by atoms with Crippen LogP contribution in [0.4, 0.5) is 0 Å². The molecular weight excluding hydrogens is 392 g/mol. The molecule has 2 amide bonds. The Labute approximate surface area is 150 Å². The number of aryl methyl sites for hydroxylation is 1. The lowest BCUT2D eigenvalue weighted by Gasteiger charge is -2.05. The van der Waals surface area contributed by atoms with E-state index in [-0.39, 0.29) is 18.7 Å². The summed E-state index contributed by atoms with van der Waals surface area (Å²) in [5.41, 5.74) is 5.74. The number of hydrazine groups is 1. The summed E-state index contributed by atoms with van der Waals surface area (Å²) < 4.78 is 5.85. The minimum Gasteiger partial charge on any atom is -0.356 e. The Hall–Kier alpha value is -3.01. The van der Waals surface area contributed by atoms with Crippen LogP contribution in [0.2, 0.25) is 0 Å². The van der Waals surface area contributed by atoms with Crippen molar-refractivity contribution in [3.05, 3.63) is 52.8 Å². The number of carbonyl (C=O) groups is 2. The Morgan fingerprint density at radius 3 is 2.76 bits per heavy atom. The number of nitrogens with one attached hydrogen (secondary N) is 3. The van der Waals surface area contributed by atoms with E-state index in [9.17, 15) is 9.59 Å². The van der Waals surface area contributed by atoms with Crippen molar-refractivity contribution < 1.29 is 14.1 Å². The average Bonchev–Trinajstić information content (AvgIpc) is 3.28. The van der Waals surface area contributed by atoms with Gasteiger partial charge in [-0.15, -0.1) is 0 Å². The van der Waals surface area contributed by atoms with Gasteiger partial charge in [-0.05, 0) is 34.1 Å². The smallest absolute Gasteiger partial charge is 0.286 e. The van der Waals surface area contributed by atoms with Crippen LogP contribution in [0.25, 0.3) is 11.4 Å². The van der Waals surface area contributed by atoms with Gasteiger partial charge in [0.1, 0.15) is 5.69 Å². The van der Waals surface area contributed by atoms with Crippen molar-refractivity contribution in [3.8, 4) is 11.4 Å². The third-order valence-corrected chi connectivity index (χ3v) is 3.64. The lowest BCUT2D eigenvalue weighted by atomic mass is 10.2. The molecule has 10 heteroatoms. The molecule has 9 nitrogen and oxygen atoms in total. The highest BCUT2D eigenvalue weighted by Gasteiger charge is 2.12. The van der Waals surface area contributed by atoms with Crippen LogP contribution in [0.15, 0.2) is 45.8 Å². The van der Waals surface area contributed by atoms with Crippen molar-refractivity contribution in [2.75, 3.05) is 0 Å². The molecule has 0 unspecified atom stereocenters. The SMILES string of the molecule is O=C(CCc1nc(-c2ccncc2)no1)NNC(=O)c1cc(Br)c[nH]1. The lowest BCUT2D eigenvalue weighted by Crippen LogP contribution is -2.41. The summed E-state index contributed by atoms with van der Waals surface area (Å²) in [6.07, 6.45) is 5.22. The second kappa shape index (κ2) is 7.71. The highest BCUT2D eigenvalue weighted by atomic mass is 79.9. The van der Waals surface area contributed by atoms with E-state index < -0.39 is 5.91 Å². The van der Waals surface area contributed by atoms with Crippen LogP contribution in [0.1, 0.15) is 22.8 Å². The fraction of sp³-hybridized carbons (Fsp3) is 0.133. The summed E-state index contributed by atoms with van der Waals surface area (Å²) in [5.74, 6) is -0.0514. The highest BCUT2D eigenvalue weighted by molar-refractivity contribution is 9.10. The average molecular weight is 405 g/mol. The molecule has 3 N–H and O–H groups in total. The van der Waals surface area contributed by atoms with Crippen LogP contribution < -0.4 is 10.9 Å². The van der Waals surface area contributed by atoms with Gasteiger partial charge >= 0.3 is 0 Å². The second-order valence-electron chi connectivity index (χ2n) is 4.98. The van der Waals surface area contributed by atoms with Gasteiger partial charge in [0.2, 0.25) is 17.6 Å². The van der Waals surface area contributed by atoms with E-state index >= 15 is 0 Å². The third-order valence-electron chi connectivity index (χ3n) is 3.18. The van der Waals surface area contributed by atoms with Crippen LogP contribution >= 0.6 is 15.9 Å². The monoisotopic (exact) mass is 404 g/mol. The number of hydrogen-bond donors (Lipinski definition) is 3. The highest BCUT2D eigenvalue weighted by Crippen LogP contribution is 2.14. The minimum absolute atomic E-state index is 0.0900. The molecule has 0 atom stereocenters. The summed E-state index contributed by atoms with van der Waals surface area (Å²) in [5, 5.41) is 3.86. The van der Waals surface area contributed by atoms with E-state index in [4.69, 9.17) is 4.52 Å². The predicted octanol–water partition coefficient (Wildman–Crippen LogP) is 1.62. The van der Waals surface area contributed by atoms with Crippen LogP contribution in [0.5, 0.6) is 0 Å². The number of rotatable bonds is 5. The minimum atomic E-state index is -0.447. The van der Waals surface area contributed by atoms with E-state index in [2.05, 4.69) is 46.9 Å². The number of aromatic nitrogens is 4. The van der Waals surface area contributed by atoms with Gasteiger partial charge in [-0.2, -0.15) is 4.98 Å². The zero-order chi connectivity index (χ0) is 17.6. The molecule has 3 rings (SSSR count). The van der Waals surface area contributed by atoms with Crippen molar-refractivity contribution in [1.29, 1.82) is 0 Å². The van der Waals surface area contributed by atoms with E-state index in [1.54, 1.807) is 36.8 Å². The van der Waals surface area contributed by atoms with Gasteiger partial charge in [0.15, 0.2) is 0 Å². The van der Waals surface area contributed by atoms with Crippen LogP contribution in [0, 0.1) is 0 Å². The van der Waals surface area contributed by atoms with E-state index in [0.29, 0.717) is 17.4 Å². The zero-order valence-corrected chi connectivity index (χ0v) is 14.4. The molecule has 3 aromatic heterocycles. The molecule has 0 bridgehead atoms. The zero-order valence-electron chi connectivity index (χ0n) is 12.8. The first-order chi connectivity index (χ1) is 12.1. The Morgan fingerprint density at radius 1 is 1.24 bits per heavy atom. The lowest BCUT2D eigenvalue weighted by molar-refractivity contribution is -0.121. The van der Waals surface area contributed by atoms with Gasteiger partial charge in [0, 0.05) is 41.5 Å². The van der Waals surface area contributed by atoms with Gasteiger partial charge < -0.3 is 9.51 Å². The van der Waals surface area contributed by atoms with Crippen molar-refractivity contribution in [2.24, 2.45) is 0 Å². The Kier molecular flexibility index (Phi) is 5.19. The van der Waals surface area contributed by atoms with Crippen LogP contribution in [-0.2, 0) is 11.2 Å². The number of amides is 2. The molecule has 25 heavy (non-hydrogen) atoms. The number of nitrogens with zero attached hydrogens (tertiary/aromatic N) is 3. The second-order valence-corrected chi connectivity index (χ2v) is 5.90. The molecular formula is C15H13BrN6O3. The first-order valence-electron chi connectivity index (χ1n) is 7.28. The molecule has 0 aliphatic carbocycles. The maximum absolute atomic E-state index is 11.8. The number of halogens is 1. The normalized spacial score (nSPS) is 10.4. The molecule has 0 fully saturated rings. The Balaban J connectivity index is 1.46. The molecule has 128 valence electrons. The van der Waals surface area contributed by atoms with Gasteiger partial charge in [-0.1, -0.05) is 5.16 Å². The molecule has 0 saturated heterocycles. The summed E-state index contributed by atoms with van der Waals surface area (Å²) in [6.45, 7) is 0. The summed E-state index contributed by atoms with van der Waals surface area (Å²) in [4.78, 5) is 34.5. The first-order valence-corrected chi connectivity index (χ1v) is 8.07. The molecule has 0 aliphatic rings. The molecule has 3 aromatic rings. The predicted molar refractivity (Wildman–Crippen MR) is 90.0 cm³/mol. The summed E-state index contributed by atoms with van der Waals surface area (Å²) >= 11 is 3.22. The van der Waals surface area contributed by atoms with Crippen LogP contribution in [0.3, 0.4) is 0 Å². The number of H-pyrrole nitrogens is 1. The number of pyridine rings is 1. The quantitative estimate of drug-likeness (QED) is 0.554. The van der Waals surface area contributed by atoms with Crippen molar-refractivity contribution >= 4 is 27.7 Å².